The summed E-state index contributed by atoms with van der Waals surface area (Å²) in [5.41, 5.74) is 2.38. The van der Waals surface area contributed by atoms with E-state index in [0.29, 0.717) is 44.3 Å². The van der Waals surface area contributed by atoms with Gasteiger partial charge in [-0.15, -0.1) is 0 Å². The summed E-state index contributed by atoms with van der Waals surface area (Å²) in [4.78, 5) is 33.9. The number of esters is 1. The first kappa shape index (κ1) is 18.3. The Bertz CT molecular complexity index is 1500. The van der Waals surface area contributed by atoms with Gasteiger partial charge in [-0.2, -0.15) is 0 Å². The molecule has 0 aliphatic rings. The van der Waals surface area contributed by atoms with Crippen molar-refractivity contribution < 1.29 is 13.9 Å². The third-order valence-corrected chi connectivity index (χ3v) is 5.55. The highest BCUT2D eigenvalue weighted by molar-refractivity contribution is 7.15. The van der Waals surface area contributed by atoms with Gasteiger partial charge in [0, 0.05) is 17.8 Å². The number of ether oxygens (including phenoxy) is 1. The molecule has 1 aromatic carbocycles. The molecule has 0 aliphatic carbocycles. The van der Waals surface area contributed by atoms with E-state index >= 15 is 0 Å². The quantitative estimate of drug-likeness (QED) is 0.417. The minimum atomic E-state index is -0.356. The molecule has 0 bridgehead atoms. The molecule has 7 nitrogen and oxygen atoms in total. The van der Waals surface area contributed by atoms with Gasteiger partial charge < -0.3 is 9.15 Å². The predicted molar refractivity (Wildman–Crippen MR) is 114 cm³/mol. The van der Waals surface area contributed by atoms with E-state index in [1.54, 1.807) is 55.6 Å². The van der Waals surface area contributed by atoms with Gasteiger partial charge in [-0.05, 0) is 43.3 Å². The fourth-order valence-corrected chi connectivity index (χ4v) is 4.14. The van der Waals surface area contributed by atoms with Crippen LogP contribution in [0.1, 0.15) is 23.0 Å². The van der Waals surface area contributed by atoms with E-state index in [1.807, 2.05) is 12.1 Å². The van der Waals surface area contributed by atoms with Crippen LogP contribution in [-0.4, -0.2) is 26.9 Å². The molecule has 148 valence electrons. The zero-order valence-corrected chi connectivity index (χ0v) is 16.7. The molecule has 5 aromatic rings. The lowest BCUT2D eigenvalue weighted by molar-refractivity contribution is 0.0526. The van der Waals surface area contributed by atoms with E-state index < -0.39 is 0 Å². The molecule has 4 heterocycles. The Labute approximate surface area is 173 Å². The van der Waals surface area contributed by atoms with E-state index in [-0.39, 0.29) is 11.5 Å². The topological polar surface area (TPSA) is 86.7 Å². The Kier molecular flexibility index (Phi) is 4.40. The van der Waals surface area contributed by atoms with Crippen LogP contribution in [0.15, 0.2) is 63.9 Å². The van der Waals surface area contributed by atoms with Crippen LogP contribution in [0, 0.1) is 0 Å². The van der Waals surface area contributed by atoms with Gasteiger partial charge in [0.1, 0.15) is 21.6 Å². The van der Waals surface area contributed by atoms with Crippen molar-refractivity contribution in [1.29, 1.82) is 0 Å². The Morgan fingerprint density at radius 1 is 1.20 bits per heavy atom. The monoisotopic (exact) mass is 417 g/mol. The van der Waals surface area contributed by atoms with Crippen LogP contribution in [-0.2, 0) is 4.74 Å². The van der Waals surface area contributed by atoms with Gasteiger partial charge in [-0.25, -0.2) is 19.2 Å². The number of carbonyl (C=O) groups excluding carboxylic acids is 1. The first-order valence-electron chi connectivity index (χ1n) is 9.29. The predicted octanol–water partition coefficient (Wildman–Crippen LogP) is 3.29. The SMILES string of the molecule is CCOC(=O)c1ccc(-c2ccc(/C=c3/sc4nc5cccnc5n4c3=O)o2)cc1. The van der Waals surface area contributed by atoms with Crippen LogP contribution in [0.3, 0.4) is 0 Å². The van der Waals surface area contributed by atoms with Crippen molar-refractivity contribution in [3.63, 3.8) is 0 Å². The van der Waals surface area contributed by atoms with Gasteiger partial charge in [0.15, 0.2) is 10.6 Å². The fourth-order valence-electron chi connectivity index (χ4n) is 3.19. The van der Waals surface area contributed by atoms with Gasteiger partial charge in [-0.1, -0.05) is 23.5 Å². The van der Waals surface area contributed by atoms with Gasteiger partial charge in [-0.3, -0.25) is 4.79 Å². The second-order valence-electron chi connectivity index (χ2n) is 6.49. The van der Waals surface area contributed by atoms with Gasteiger partial charge >= 0.3 is 5.97 Å². The standard InChI is InChI=1S/C22H15N3O4S/c1-2-28-21(27)14-7-5-13(6-8-14)17-10-9-15(29-17)12-18-20(26)25-19-16(4-3-11-23-19)24-22(25)30-18/h3-12H,2H2,1H3/b18-12+. The van der Waals surface area contributed by atoms with Crippen molar-refractivity contribution >= 4 is 39.5 Å². The van der Waals surface area contributed by atoms with Crippen LogP contribution in [0.2, 0.25) is 0 Å². The van der Waals surface area contributed by atoms with Crippen molar-refractivity contribution in [3.05, 3.63) is 80.9 Å². The minimum Gasteiger partial charge on any atom is -0.462 e. The highest BCUT2D eigenvalue weighted by atomic mass is 32.1. The highest BCUT2D eigenvalue weighted by Gasteiger charge is 2.13. The van der Waals surface area contributed by atoms with Crippen LogP contribution >= 0.6 is 11.3 Å². The number of aromatic nitrogens is 3. The number of pyridine rings is 1. The van der Waals surface area contributed by atoms with Gasteiger partial charge in [0.25, 0.3) is 5.56 Å². The van der Waals surface area contributed by atoms with E-state index in [0.717, 1.165) is 5.56 Å². The third kappa shape index (κ3) is 3.07. The zero-order chi connectivity index (χ0) is 20.7. The summed E-state index contributed by atoms with van der Waals surface area (Å²) in [6.45, 7) is 2.10. The lowest BCUT2D eigenvalue weighted by Gasteiger charge is -2.02. The number of furan rings is 1. The van der Waals surface area contributed by atoms with Crippen LogP contribution in [0.4, 0.5) is 0 Å². The van der Waals surface area contributed by atoms with E-state index in [1.165, 1.54) is 15.7 Å². The van der Waals surface area contributed by atoms with Crippen molar-refractivity contribution in [2.24, 2.45) is 0 Å². The summed E-state index contributed by atoms with van der Waals surface area (Å²) in [6, 6.07) is 14.2. The average molecular weight is 417 g/mol. The molecule has 4 aromatic heterocycles. The normalized spacial score (nSPS) is 12.1. The molecule has 0 aliphatic heterocycles. The second-order valence-corrected chi connectivity index (χ2v) is 7.50. The minimum absolute atomic E-state index is 0.173. The molecule has 0 atom stereocenters. The summed E-state index contributed by atoms with van der Waals surface area (Å²) in [7, 11) is 0. The van der Waals surface area contributed by atoms with Crippen molar-refractivity contribution in [1.82, 2.24) is 14.4 Å². The number of carbonyl (C=O) groups is 1. The molecule has 8 heteroatoms. The second kappa shape index (κ2) is 7.23. The Hall–Kier alpha value is -3.78. The zero-order valence-electron chi connectivity index (χ0n) is 15.9. The van der Waals surface area contributed by atoms with E-state index in [2.05, 4.69) is 9.97 Å². The highest BCUT2D eigenvalue weighted by Crippen LogP contribution is 2.23. The maximum atomic E-state index is 12.8. The molecule has 5 rings (SSSR count). The average Bonchev–Trinajstić information content (AvgIpc) is 3.44. The van der Waals surface area contributed by atoms with Crippen molar-refractivity contribution in [3.8, 4) is 11.3 Å². The lowest BCUT2D eigenvalue weighted by atomic mass is 10.1. The number of benzene rings is 1. The molecule has 0 amide bonds. The van der Waals surface area contributed by atoms with Gasteiger partial charge in [0.2, 0.25) is 0 Å². The molecule has 0 spiro atoms. The fraction of sp³-hybridized carbons (Fsp3) is 0.0909. The van der Waals surface area contributed by atoms with Crippen molar-refractivity contribution in [2.45, 2.75) is 6.92 Å². The number of rotatable bonds is 4. The maximum Gasteiger partial charge on any atom is 0.338 e. The molecule has 0 radical (unpaired) electrons. The Morgan fingerprint density at radius 2 is 2.03 bits per heavy atom. The molecule has 0 fully saturated rings. The largest absolute Gasteiger partial charge is 0.462 e. The molecule has 0 unspecified atom stereocenters. The number of hydrogen-bond donors (Lipinski definition) is 0. The number of hydrogen-bond acceptors (Lipinski definition) is 7. The van der Waals surface area contributed by atoms with E-state index in [9.17, 15) is 9.59 Å². The lowest BCUT2D eigenvalue weighted by Crippen LogP contribution is -2.22. The molecule has 0 saturated carbocycles. The number of thiazole rings is 1. The van der Waals surface area contributed by atoms with Crippen molar-refractivity contribution in [2.75, 3.05) is 6.61 Å². The third-order valence-electron chi connectivity index (χ3n) is 4.58. The summed E-state index contributed by atoms with van der Waals surface area (Å²) in [5.74, 6) is 0.834. The first-order chi connectivity index (χ1) is 14.6. The Morgan fingerprint density at radius 3 is 2.83 bits per heavy atom. The maximum absolute atomic E-state index is 12.8. The summed E-state index contributed by atoms with van der Waals surface area (Å²) in [5, 5.41) is 0. The number of fused-ring (bicyclic) bond motifs is 3. The molecule has 0 N–H and O–H groups in total. The van der Waals surface area contributed by atoms with Crippen LogP contribution in [0.25, 0.3) is 33.5 Å². The first-order valence-corrected chi connectivity index (χ1v) is 10.1. The summed E-state index contributed by atoms with van der Waals surface area (Å²) >= 11 is 1.29. The molecular weight excluding hydrogens is 402 g/mol. The molecule has 30 heavy (non-hydrogen) atoms. The smallest absolute Gasteiger partial charge is 0.338 e. The van der Waals surface area contributed by atoms with E-state index in [4.69, 9.17) is 9.15 Å². The summed E-state index contributed by atoms with van der Waals surface area (Å²) in [6.07, 6.45) is 3.34. The summed E-state index contributed by atoms with van der Waals surface area (Å²) < 4.78 is 12.9. The molecular formula is C22H15N3O4S. The Balaban J connectivity index is 1.49. The van der Waals surface area contributed by atoms with Crippen LogP contribution < -0.4 is 10.1 Å². The van der Waals surface area contributed by atoms with Crippen LogP contribution in [0.5, 0.6) is 0 Å². The molecule has 0 saturated heterocycles. The van der Waals surface area contributed by atoms with Gasteiger partial charge in [0.05, 0.1) is 12.2 Å². The number of imidazole rings is 1. The number of nitrogens with zero attached hydrogens (tertiary/aromatic N) is 3.